The number of benzene rings is 1. The van der Waals surface area contributed by atoms with Crippen LogP contribution in [0.3, 0.4) is 0 Å². The molecule has 0 aliphatic rings. The lowest BCUT2D eigenvalue weighted by Crippen LogP contribution is -1.95. The van der Waals surface area contributed by atoms with Gasteiger partial charge in [0.1, 0.15) is 0 Å². The van der Waals surface area contributed by atoms with Gasteiger partial charge in [0.05, 0.1) is 0 Å². The van der Waals surface area contributed by atoms with Crippen LogP contribution in [0.1, 0.15) is 57.9 Å². The first kappa shape index (κ1) is 14.0. The van der Waals surface area contributed by atoms with E-state index in [-0.39, 0.29) is 0 Å². The summed E-state index contributed by atoms with van der Waals surface area (Å²) in [6.07, 6.45) is 12.7. The molecule has 0 heterocycles. The Hall–Kier alpha value is -1.04. The van der Waals surface area contributed by atoms with Gasteiger partial charge in [-0.15, -0.1) is 0 Å². The van der Waals surface area contributed by atoms with E-state index < -0.39 is 0 Å². The summed E-state index contributed by atoms with van der Waals surface area (Å²) in [5.41, 5.74) is 1.32. The molecule has 0 amide bonds. The lowest BCUT2D eigenvalue weighted by atomic mass is 9.95. The van der Waals surface area contributed by atoms with Crippen LogP contribution >= 0.6 is 0 Å². The highest BCUT2D eigenvalue weighted by Crippen LogP contribution is 2.18. The van der Waals surface area contributed by atoms with Crippen molar-refractivity contribution in [1.29, 1.82) is 0 Å². The minimum absolute atomic E-state index is 0.770. The van der Waals surface area contributed by atoms with Crippen LogP contribution in [0.5, 0.6) is 0 Å². The summed E-state index contributed by atoms with van der Waals surface area (Å²) in [4.78, 5) is 0. The largest absolute Gasteiger partial charge is 0.0808 e. The Balaban J connectivity index is 2.45. The van der Waals surface area contributed by atoms with E-state index in [1.807, 2.05) is 0 Å². The smallest absolute Gasteiger partial charge is 0.0230 e. The van der Waals surface area contributed by atoms with Crippen molar-refractivity contribution in [3.05, 3.63) is 42.0 Å². The summed E-state index contributed by atoms with van der Waals surface area (Å²) >= 11 is 0. The molecule has 1 rings (SSSR count). The molecule has 0 fully saturated rings. The molecule has 1 aromatic rings. The van der Waals surface area contributed by atoms with Crippen molar-refractivity contribution in [2.45, 2.75) is 52.4 Å². The van der Waals surface area contributed by atoms with Gasteiger partial charge in [-0.25, -0.2) is 0 Å². The van der Waals surface area contributed by atoms with E-state index in [1.165, 1.54) is 44.1 Å². The van der Waals surface area contributed by atoms with Gasteiger partial charge in [0, 0.05) is 0 Å². The van der Waals surface area contributed by atoms with E-state index >= 15 is 0 Å². The van der Waals surface area contributed by atoms with Crippen molar-refractivity contribution < 1.29 is 0 Å². The SMILES string of the molecule is CCCCCC(C=Cc1ccccc1)CCC. The number of unbranched alkanes of at least 4 members (excludes halogenated alkanes) is 2. The number of hydrogen-bond acceptors (Lipinski definition) is 0. The second-order valence-electron chi connectivity index (χ2n) is 4.81. The second-order valence-corrected chi connectivity index (χ2v) is 4.81. The van der Waals surface area contributed by atoms with E-state index in [4.69, 9.17) is 0 Å². The average Bonchev–Trinajstić information content (AvgIpc) is 2.37. The van der Waals surface area contributed by atoms with Crippen molar-refractivity contribution in [2.75, 3.05) is 0 Å². The Kier molecular flexibility index (Phi) is 7.46. The van der Waals surface area contributed by atoms with Crippen LogP contribution in [0.25, 0.3) is 6.08 Å². The Bertz CT molecular complexity index is 297. The van der Waals surface area contributed by atoms with Gasteiger partial charge >= 0.3 is 0 Å². The van der Waals surface area contributed by atoms with Gasteiger partial charge in [0.2, 0.25) is 0 Å². The molecule has 94 valence electrons. The highest BCUT2D eigenvalue weighted by molar-refractivity contribution is 5.48. The molecule has 1 unspecified atom stereocenters. The number of allylic oxidation sites excluding steroid dienone is 1. The maximum Gasteiger partial charge on any atom is -0.0230 e. The molecule has 17 heavy (non-hydrogen) atoms. The van der Waals surface area contributed by atoms with E-state index in [2.05, 4.69) is 56.3 Å². The molecule has 1 atom stereocenters. The first-order valence-corrected chi connectivity index (χ1v) is 7.10. The van der Waals surface area contributed by atoms with Gasteiger partial charge in [-0.2, -0.15) is 0 Å². The molecule has 0 saturated carbocycles. The molecule has 0 aromatic heterocycles. The quantitative estimate of drug-likeness (QED) is 0.503. The molecule has 0 radical (unpaired) electrons. The molecule has 1 aromatic carbocycles. The molecule has 0 N–H and O–H groups in total. The summed E-state index contributed by atoms with van der Waals surface area (Å²) in [6.45, 7) is 4.55. The first-order chi connectivity index (χ1) is 8.36. The van der Waals surface area contributed by atoms with Gasteiger partial charge < -0.3 is 0 Å². The number of hydrogen-bond donors (Lipinski definition) is 0. The van der Waals surface area contributed by atoms with Crippen LogP contribution < -0.4 is 0 Å². The summed E-state index contributed by atoms with van der Waals surface area (Å²) in [5, 5.41) is 0. The Morgan fingerprint density at radius 1 is 0.941 bits per heavy atom. The van der Waals surface area contributed by atoms with Crippen molar-refractivity contribution in [2.24, 2.45) is 5.92 Å². The van der Waals surface area contributed by atoms with E-state index in [0.717, 1.165) is 5.92 Å². The predicted octanol–water partition coefficient (Wildman–Crippen LogP) is 5.70. The van der Waals surface area contributed by atoms with Gasteiger partial charge in [-0.3, -0.25) is 0 Å². The standard InChI is InChI=1S/C17H26/c1-3-5-7-11-16(10-4-2)14-15-17-12-8-6-9-13-17/h6,8-9,12-16H,3-5,7,10-11H2,1-2H3. The highest BCUT2D eigenvalue weighted by Gasteiger charge is 2.02. The third-order valence-electron chi connectivity index (χ3n) is 3.20. The third kappa shape index (κ3) is 6.31. The Labute approximate surface area is 107 Å². The first-order valence-electron chi connectivity index (χ1n) is 7.10. The fraction of sp³-hybridized carbons (Fsp3) is 0.529. The lowest BCUT2D eigenvalue weighted by molar-refractivity contribution is 0.503. The molecule has 0 spiro atoms. The summed E-state index contributed by atoms with van der Waals surface area (Å²) in [7, 11) is 0. The van der Waals surface area contributed by atoms with Crippen LogP contribution in [-0.2, 0) is 0 Å². The Morgan fingerprint density at radius 3 is 2.35 bits per heavy atom. The normalized spacial score (nSPS) is 13.1. The maximum atomic E-state index is 2.41. The van der Waals surface area contributed by atoms with Crippen LogP contribution in [0.4, 0.5) is 0 Å². The highest BCUT2D eigenvalue weighted by atomic mass is 14.1. The average molecular weight is 230 g/mol. The van der Waals surface area contributed by atoms with E-state index in [0.29, 0.717) is 0 Å². The maximum absolute atomic E-state index is 2.41. The fourth-order valence-corrected chi connectivity index (χ4v) is 2.18. The van der Waals surface area contributed by atoms with E-state index in [1.54, 1.807) is 0 Å². The van der Waals surface area contributed by atoms with Crippen LogP contribution in [0.2, 0.25) is 0 Å². The summed E-state index contributed by atoms with van der Waals surface area (Å²) < 4.78 is 0. The topological polar surface area (TPSA) is 0 Å². The second kappa shape index (κ2) is 9.04. The molecule has 0 nitrogen and oxygen atoms in total. The van der Waals surface area contributed by atoms with Crippen molar-refractivity contribution in [3.63, 3.8) is 0 Å². The zero-order chi connectivity index (χ0) is 12.3. The van der Waals surface area contributed by atoms with Gasteiger partial charge in [-0.1, -0.05) is 82.0 Å². The fourth-order valence-electron chi connectivity index (χ4n) is 2.18. The lowest BCUT2D eigenvalue weighted by Gasteiger charge is -2.10. The molecule has 0 bridgehead atoms. The minimum atomic E-state index is 0.770. The molecule has 0 aliphatic carbocycles. The molecule has 0 aliphatic heterocycles. The summed E-state index contributed by atoms with van der Waals surface area (Å²) in [6, 6.07) is 10.6. The predicted molar refractivity (Wildman–Crippen MR) is 78.0 cm³/mol. The Morgan fingerprint density at radius 2 is 1.71 bits per heavy atom. The van der Waals surface area contributed by atoms with Crippen molar-refractivity contribution in [3.8, 4) is 0 Å². The molecule has 0 saturated heterocycles. The molecular weight excluding hydrogens is 204 g/mol. The zero-order valence-electron chi connectivity index (χ0n) is 11.4. The van der Waals surface area contributed by atoms with Gasteiger partial charge in [0.25, 0.3) is 0 Å². The van der Waals surface area contributed by atoms with Crippen molar-refractivity contribution >= 4 is 6.08 Å². The minimum Gasteiger partial charge on any atom is -0.0808 e. The van der Waals surface area contributed by atoms with Crippen LogP contribution in [0.15, 0.2) is 36.4 Å². The molecular formula is C17H26. The van der Waals surface area contributed by atoms with Gasteiger partial charge in [0.15, 0.2) is 0 Å². The zero-order valence-corrected chi connectivity index (χ0v) is 11.4. The monoisotopic (exact) mass is 230 g/mol. The van der Waals surface area contributed by atoms with Crippen LogP contribution in [-0.4, -0.2) is 0 Å². The molecule has 0 heteroatoms. The van der Waals surface area contributed by atoms with Crippen molar-refractivity contribution in [1.82, 2.24) is 0 Å². The number of rotatable bonds is 8. The van der Waals surface area contributed by atoms with Gasteiger partial charge in [-0.05, 0) is 24.3 Å². The van der Waals surface area contributed by atoms with Crippen LogP contribution in [0, 0.1) is 5.92 Å². The van der Waals surface area contributed by atoms with E-state index in [9.17, 15) is 0 Å². The third-order valence-corrected chi connectivity index (χ3v) is 3.20. The summed E-state index contributed by atoms with van der Waals surface area (Å²) in [5.74, 6) is 0.770.